The molecule has 0 bridgehead atoms. The summed E-state index contributed by atoms with van der Waals surface area (Å²) in [5.74, 6) is 2.18. The Morgan fingerprint density at radius 2 is 1.74 bits per heavy atom. The van der Waals surface area contributed by atoms with Crippen LogP contribution in [-0.2, 0) is 4.79 Å². The van der Waals surface area contributed by atoms with Crippen LogP contribution in [0.3, 0.4) is 0 Å². The van der Waals surface area contributed by atoms with Crippen molar-refractivity contribution >= 4 is 11.9 Å². The van der Waals surface area contributed by atoms with Crippen molar-refractivity contribution in [2.45, 2.75) is 47.6 Å². The van der Waals surface area contributed by atoms with Crippen LogP contribution in [0, 0.1) is 11.8 Å². The molecular weight excluding hydrogens is 340 g/mol. The van der Waals surface area contributed by atoms with Gasteiger partial charge < -0.3 is 20.7 Å². The van der Waals surface area contributed by atoms with Crippen molar-refractivity contribution in [3.8, 4) is 5.75 Å². The van der Waals surface area contributed by atoms with Crippen molar-refractivity contribution in [3.05, 3.63) is 29.8 Å². The molecule has 0 heterocycles. The standard InChI is InChI=1S/C21H36N4O2/c1-7-22-21(24-13-12-23-20(26)16(4)5)25-17(6)18-8-10-19(11-9-18)27-14-15(2)3/h8-11,15-17H,7,12-14H2,1-6H3,(H,23,26)(H2,22,24,25). The van der Waals surface area contributed by atoms with Gasteiger partial charge in [-0.1, -0.05) is 39.8 Å². The average molecular weight is 377 g/mol. The second-order valence-electron chi connectivity index (χ2n) is 7.35. The number of nitrogens with one attached hydrogen (secondary N) is 3. The maximum atomic E-state index is 11.6. The number of carbonyl (C=O) groups excluding carboxylic acids is 1. The Bertz CT molecular complexity index is 582. The second-order valence-corrected chi connectivity index (χ2v) is 7.35. The summed E-state index contributed by atoms with van der Waals surface area (Å²) in [5, 5.41) is 9.52. The highest BCUT2D eigenvalue weighted by atomic mass is 16.5. The summed E-state index contributed by atoms with van der Waals surface area (Å²) < 4.78 is 5.73. The lowest BCUT2D eigenvalue weighted by Crippen LogP contribution is -2.39. The summed E-state index contributed by atoms with van der Waals surface area (Å²) in [5.41, 5.74) is 1.16. The highest BCUT2D eigenvalue weighted by Crippen LogP contribution is 2.18. The maximum absolute atomic E-state index is 11.6. The summed E-state index contributed by atoms with van der Waals surface area (Å²) in [6.07, 6.45) is 0. The number of hydrogen-bond donors (Lipinski definition) is 3. The van der Waals surface area contributed by atoms with Gasteiger partial charge in [-0.25, -0.2) is 0 Å². The van der Waals surface area contributed by atoms with Crippen LogP contribution in [0.4, 0.5) is 0 Å². The van der Waals surface area contributed by atoms with Crippen LogP contribution in [0.1, 0.15) is 53.1 Å². The van der Waals surface area contributed by atoms with E-state index in [4.69, 9.17) is 4.74 Å². The molecule has 0 saturated carbocycles. The van der Waals surface area contributed by atoms with E-state index in [-0.39, 0.29) is 17.9 Å². The first-order chi connectivity index (χ1) is 12.8. The van der Waals surface area contributed by atoms with E-state index in [0.29, 0.717) is 19.0 Å². The zero-order valence-electron chi connectivity index (χ0n) is 17.6. The number of ether oxygens (including phenoxy) is 1. The SMILES string of the molecule is CCNC(=NCCNC(=O)C(C)C)NC(C)c1ccc(OCC(C)C)cc1. The number of rotatable bonds is 10. The largest absolute Gasteiger partial charge is 0.493 e. The van der Waals surface area contributed by atoms with Crippen LogP contribution in [0.5, 0.6) is 5.75 Å². The predicted molar refractivity (Wildman–Crippen MR) is 112 cm³/mol. The van der Waals surface area contributed by atoms with E-state index in [1.54, 1.807) is 0 Å². The molecule has 1 amide bonds. The van der Waals surface area contributed by atoms with Gasteiger partial charge in [-0.05, 0) is 37.5 Å². The monoisotopic (exact) mass is 376 g/mol. The van der Waals surface area contributed by atoms with Crippen molar-refractivity contribution in [1.82, 2.24) is 16.0 Å². The number of guanidine groups is 1. The van der Waals surface area contributed by atoms with Gasteiger partial charge in [0.1, 0.15) is 5.75 Å². The Kier molecular flexibility index (Phi) is 10.3. The minimum absolute atomic E-state index is 0.00662. The molecule has 0 spiro atoms. The van der Waals surface area contributed by atoms with E-state index in [0.717, 1.165) is 30.4 Å². The number of amides is 1. The lowest BCUT2D eigenvalue weighted by atomic mass is 10.1. The summed E-state index contributed by atoms with van der Waals surface area (Å²) in [7, 11) is 0. The van der Waals surface area contributed by atoms with Crippen molar-refractivity contribution in [2.24, 2.45) is 16.8 Å². The number of carbonyl (C=O) groups is 1. The maximum Gasteiger partial charge on any atom is 0.222 e. The highest BCUT2D eigenvalue weighted by Gasteiger charge is 2.09. The molecule has 1 aromatic rings. The van der Waals surface area contributed by atoms with E-state index < -0.39 is 0 Å². The van der Waals surface area contributed by atoms with E-state index in [9.17, 15) is 4.79 Å². The Hall–Kier alpha value is -2.24. The smallest absolute Gasteiger partial charge is 0.222 e. The van der Waals surface area contributed by atoms with E-state index >= 15 is 0 Å². The molecule has 1 atom stereocenters. The lowest BCUT2D eigenvalue weighted by Gasteiger charge is -2.19. The van der Waals surface area contributed by atoms with E-state index in [1.165, 1.54) is 0 Å². The molecule has 0 fully saturated rings. The molecule has 0 aliphatic rings. The number of hydrogen-bond acceptors (Lipinski definition) is 3. The molecule has 0 radical (unpaired) electrons. The number of aliphatic imine (C=N–C) groups is 1. The first kappa shape index (κ1) is 22.8. The Balaban J connectivity index is 2.57. The molecule has 0 aromatic heterocycles. The minimum Gasteiger partial charge on any atom is -0.493 e. The van der Waals surface area contributed by atoms with Gasteiger partial charge in [0.25, 0.3) is 0 Å². The fraction of sp³-hybridized carbons (Fsp3) is 0.619. The van der Waals surface area contributed by atoms with Gasteiger partial charge in [0, 0.05) is 19.0 Å². The van der Waals surface area contributed by atoms with Crippen molar-refractivity contribution in [2.75, 3.05) is 26.2 Å². The molecule has 152 valence electrons. The van der Waals surface area contributed by atoms with Crippen molar-refractivity contribution in [1.29, 1.82) is 0 Å². The third-order valence-corrected chi connectivity index (χ3v) is 3.87. The molecule has 3 N–H and O–H groups in total. The zero-order chi connectivity index (χ0) is 20.2. The first-order valence-electron chi connectivity index (χ1n) is 9.88. The van der Waals surface area contributed by atoms with Gasteiger partial charge in [-0.2, -0.15) is 0 Å². The molecule has 1 aromatic carbocycles. The van der Waals surface area contributed by atoms with Crippen molar-refractivity contribution in [3.63, 3.8) is 0 Å². The molecule has 6 nitrogen and oxygen atoms in total. The average Bonchev–Trinajstić information content (AvgIpc) is 2.63. The normalized spacial score (nSPS) is 12.8. The molecule has 1 rings (SSSR count). The molecule has 0 aliphatic carbocycles. The summed E-state index contributed by atoms with van der Waals surface area (Å²) in [6.45, 7) is 14.7. The quantitative estimate of drug-likeness (QED) is 0.333. The van der Waals surface area contributed by atoms with Crippen LogP contribution in [0.2, 0.25) is 0 Å². The number of benzene rings is 1. The molecule has 1 unspecified atom stereocenters. The summed E-state index contributed by atoms with van der Waals surface area (Å²) in [6, 6.07) is 8.25. The van der Waals surface area contributed by atoms with Gasteiger partial charge in [-0.15, -0.1) is 0 Å². The van der Waals surface area contributed by atoms with Gasteiger partial charge in [0.2, 0.25) is 5.91 Å². The highest BCUT2D eigenvalue weighted by molar-refractivity contribution is 5.80. The predicted octanol–water partition coefficient (Wildman–Crippen LogP) is 3.11. The van der Waals surface area contributed by atoms with Crippen LogP contribution >= 0.6 is 0 Å². The fourth-order valence-corrected chi connectivity index (χ4v) is 2.27. The van der Waals surface area contributed by atoms with Crippen LogP contribution < -0.4 is 20.7 Å². The Labute approximate surface area is 164 Å². The van der Waals surface area contributed by atoms with Gasteiger partial charge in [0.15, 0.2) is 5.96 Å². The molecular formula is C21H36N4O2. The summed E-state index contributed by atoms with van der Waals surface area (Å²) >= 11 is 0. The van der Waals surface area contributed by atoms with Crippen LogP contribution in [0.25, 0.3) is 0 Å². The van der Waals surface area contributed by atoms with Crippen molar-refractivity contribution < 1.29 is 9.53 Å². The van der Waals surface area contributed by atoms with Gasteiger partial charge >= 0.3 is 0 Å². The van der Waals surface area contributed by atoms with Gasteiger partial charge in [-0.3, -0.25) is 9.79 Å². The molecule has 0 saturated heterocycles. The molecule has 27 heavy (non-hydrogen) atoms. The van der Waals surface area contributed by atoms with Crippen LogP contribution in [-0.4, -0.2) is 38.1 Å². The lowest BCUT2D eigenvalue weighted by molar-refractivity contribution is -0.123. The fourth-order valence-electron chi connectivity index (χ4n) is 2.27. The Morgan fingerprint density at radius 1 is 1.07 bits per heavy atom. The second kappa shape index (κ2) is 12.2. The third-order valence-electron chi connectivity index (χ3n) is 3.87. The zero-order valence-corrected chi connectivity index (χ0v) is 17.6. The van der Waals surface area contributed by atoms with Gasteiger partial charge in [0.05, 0.1) is 19.2 Å². The summed E-state index contributed by atoms with van der Waals surface area (Å²) in [4.78, 5) is 16.1. The van der Waals surface area contributed by atoms with Crippen LogP contribution in [0.15, 0.2) is 29.3 Å². The minimum atomic E-state index is -0.00662. The van der Waals surface area contributed by atoms with E-state index in [1.807, 2.05) is 32.9 Å². The van der Waals surface area contributed by atoms with E-state index in [2.05, 4.69) is 53.8 Å². The molecule has 6 heteroatoms. The molecule has 0 aliphatic heterocycles. The third kappa shape index (κ3) is 9.31. The topological polar surface area (TPSA) is 74.8 Å². The Morgan fingerprint density at radius 3 is 2.30 bits per heavy atom. The number of nitrogens with zero attached hydrogens (tertiary/aromatic N) is 1. The first-order valence-corrected chi connectivity index (χ1v) is 9.88.